The highest BCUT2D eigenvalue weighted by atomic mass is 32.1. The first kappa shape index (κ1) is 17.8. The molecule has 3 heterocycles. The molecule has 3 rings (SSSR count). The minimum absolute atomic E-state index is 0.0161. The van der Waals surface area contributed by atoms with Crippen LogP contribution in [0.15, 0.2) is 40.6 Å². The van der Waals surface area contributed by atoms with Crippen molar-refractivity contribution in [2.75, 3.05) is 20.1 Å². The number of hydrogen-bond acceptors (Lipinski definition) is 4. The van der Waals surface area contributed by atoms with Gasteiger partial charge in [0.2, 0.25) is 0 Å². The summed E-state index contributed by atoms with van der Waals surface area (Å²) in [6.07, 6.45) is 1.15. The summed E-state index contributed by atoms with van der Waals surface area (Å²) in [6.45, 7) is 1.55. The molecule has 0 unspecified atom stereocenters. The second-order valence-electron chi connectivity index (χ2n) is 6.55. The molecule has 7 heteroatoms. The first-order valence-electron chi connectivity index (χ1n) is 8.26. The van der Waals surface area contributed by atoms with Gasteiger partial charge >= 0.3 is 0 Å². The van der Waals surface area contributed by atoms with Gasteiger partial charge in [-0.25, -0.2) is 4.39 Å². The number of likely N-dealkylation sites (tertiary alicyclic amines) is 1. The van der Waals surface area contributed by atoms with Gasteiger partial charge in [0.15, 0.2) is 0 Å². The topological polar surface area (TPSA) is 45.5 Å². The number of rotatable bonds is 5. The number of pyridine rings is 1. The van der Waals surface area contributed by atoms with Gasteiger partial charge in [-0.2, -0.15) is 0 Å². The van der Waals surface area contributed by atoms with Gasteiger partial charge in [-0.3, -0.25) is 14.5 Å². The SMILES string of the molecule is CN(C[C@@H]1C[C@H](F)CN1Cc1cccs1)C(=O)c1ccn(C)c(=O)c1. The van der Waals surface area contributed by atoms with E-state index in [1.54, 1.807) is 42.6 Å². The minimum Gasteiger partial charge on any atom is -0.340 e. The molecule has 1 saturated heterocycles. The standard InChI is InChI=1S/C18H22FN3O2S/c1-20-6-5-13(8-17(20)23)18(24)21(2)11-15-9-14(19)10-22(15)12-16-4-3-7-25-16/h3-8,14-15H,9-12H2,1-2H3/t14-,15-/m0/s1. The number of carbonyl (C=O) groups is 1. The highest BCUT2D eigenvalue weighted by molar-refractivity contribution is 7.09. The number of alkyl halides is 1. The molecule has 0 aliphatic carbocycles. The van der Waals surface area contributed by atoms with Crippen LogP contribution in [0.2, 0.25) is 0 Å². The fraction of sp³-hybridized carbons (Fsp3) is 0.444. The molecule has 1 aliphatic rings. The zero-order valence-corrected chi connectivity index (χ0v) is 15.2. The van der Waals surface area contributed by atoms with Crippen LogP contribution in [0, 0.1) is 0 Å². The van der Waals surface area contributed by atoms with Crippen LogP contribution in [-0.4, -0.2) is 52.6 Å². The number of amides is 1. The molecule has 25 heavy (non-hydrogen) atoms. The molecule has 2 atom stereocenters. The molecule has 0 N–H and O–H groups in total. The zero-order valence-electron chi connectivity index (χ0n) is 14.4. The predicted octanol–water partition coefficient (Wildman–Crippen LogP) is 2.13. The quantitative estimate of drug-likeness (QED) is 0.818. The van der Waals surface area contributed by atoms with Gasteiger partial charge in [0.1, 0.15) is 6.17 Å². The lowest BCUT2D eigenvalue weighted by Gasteiger charge is -2.28. The molecule has 0 saturated carbocycles. The summed E-state index contributed by atoms with van der Waals surface area (Å²) in [5.41, 5.74) is 0.147. The van der Waals surface area contributed by atoms with E-state index in [2.05, 4.69) is 4.90 Å². The van der Waals surface area contributed by atoms with Crippen molar-refractivity contribution < 1.29 is 9.18 Å². The van der Waals surface area contributed by atoms with E-state index in [4.69, 9.17) is 0 Å². The number of likely N-dealkylation sites (N-methyl/N-ethyl adjacent to an activating group) is 1. The molecule has 1 amide bonds. The second-order valence-corrected chi connectivity index (χ2v) is 7.58. The van der Waals surface area contributed by atoms with Gasteiger partial charge in [0, 0.05) is 62.5 Å². The molecule has 5 nitrogen and oxygen atoms in total. The van der Waals surface area contributed by atoms with Crippen LogP contribution in [0.25, 0.3) is 0 Å². The van der Waals surface area contributed by atoms with E-state index in [1.165, 1.54) is 15.5 Å². The summed E-state index contributed by atoms with van der Waals surface area (Å²) in [7, 11) is 3.34. The van der Waals surface area contributed by atoms with Gasteiger partial charge < -0.3 is 9.47 Å². The van der Waals surface area contributed by atoms with Gasteiger partial charge in [-0.1, -0.05) is 6.07 Å². The summed E-state index contributed by atoms with van der Waals surface area (Å²) in [5, 5.41) is 2.01. The van der Waals surface area contributed by atoms with E-state index in [0.717, 1.165) is 0 Å². The number of thiophene rings is 1. The van der Waals surface area contributed by atoms with Gasteiger partial charge in [0.05, 0.1) is 0 Å². The Kier molecular flexibility index (Phi) is 5.34. The van der Waals surface area contributed by atoms with Crippen LogP contribution in [-0.2, 0) is 13.6 Å². The van der Waals surface area contributed by atoms with Gasteiger partial charge in [-0.05, 0) is 23.9 Å². The monoisotopic (exact) mass is 363 g/mol. The van der Waals surface area contributed by atoms with Crippen molar-refractivity contribution in [3.05, 3.63) is 56.6 Å². The number of aryl methyl sites for hydroxylation is 1. The van der Waals surface area contributed by atoms with Crippen molar-refractivity contribution in [2.45, 2.75) is 25.2 Å². The Morgan fingerprint density at radius 3 is 2.92 bits per heavy atom. The highest BCUT2D eigenvalue weighted by Crippen LogP contribution is 2.25. The fourth-order valence-corrected chi connectivity index (χ4v) is 3.94. The summed E-state index contributed by atoms with van der Waals surface area (Å²) in [6, 6.07) is 6.99. The Bertz CT molecular complexity index is 790. The molecule has 2 aromatic heterocycles. The summed E-state index contributed by atoms with van der Waals surface area (Å²) in [5.74, 6) is -0.212. The van der Waals surface area contributed by atoms with Gasteiger partial charge in [0.25, 0.3) is 11.5 Å². The molecule has 0 radical (unpaired) electrons. The normalized spacial score (nSPS) is 20.8. The predicted molar refractivity (Wildman–Crippen MR) is 96.7 cm³/mol. The maximum absolute atomic E-state index is 13.9. The smallest absolute Gasteiger partial charge is 0.253 e. The molecule has 1 fully saturated rings. The van der Waals surface area contributed by atoms with Gasteiger partial charge in [-0.15, -0.1) is 11.3 Å². The third kappa shape index (κ3) is 4.16. The van der Waals surface area contributed by atoms with Crippen molar-refractivity contribution in [2.24, 2.45) is 7.05 Å². The minimum atomic E-state index is -0.863. The van der Waals surface area contributed by atoms with Crippen LogP contribution < -0.4 is 5.56 Å². The Labute approximate surface area is 150 Å². The fourth-order valence-electron chi connectivity index (χ4n) is 3.21. The first-order valence-corrected chi connectivity index (χ1v) is 9.14. The highest BCUT2D eigenvalue weighted by Gasteiger charge is 2.33. The maximum Gasteiger partial charge on any atom is 0.253 e. The lowest BCUT2D eigenvalue weighted by atomic mass is 10.1. The molecule has 2 aromatic rings. The van der Waals surface area contributed by atoms with Crippen LogP contribution >= 0.6 is 11.3 Å². The number of nitrogens with zero attached hydrogens (tertiary/aromatic N) is 3. The Morgan fingerprint density at radius 1 is 1.44 bits per heavy atom. The van der Waals surface area contributed by atoms with Crippen molar-refractivity contribution in [3.63, 3.8) is 0 Å². The third-order valence-electron chi connectivity index (χ3n) is 4.60. The number of carbonyl (C=O) groups excluding carboxylic acids is 1. The Morgan fingerprint density at radius 2 is 2.24 bits per heavy atom. The van der Waals surface area contributed by atoms with Crippen LogP contribution in [0.3, 0.4) is 0 Å². The first-order chi connectivity index (χ1) is 11.9. The van der Waals surface area contributed by atoms with E-state index in [9.17, 15) is 14.0 Å². The number of aromatic nitrogens is 1. The Hall–Kier alpha value is -1.99. The molecule has 1 aliphatic heterocycles. The zero-order chi connectivity index (χ0) is 18.0. The second kappa shape index (κ2) is 7.49. The van der Waals surface area contributed by atoms with Crippen LogP contribution in [0.5, 0.6) is 0 Å². The molecule has 134 valence electrons. The van der Waals surface area contributed by atoms with E-state index < -0.39 is 6.17 Å². The van der Waals surface area contributed by atoms with Crippen LogP contribution in [0.1, 0.15) is 21.7 Å². The molecular weight excluding hydrogens is 341 g/mol. The van der Waals surface area contributed by atoms with E-state index in [1.807, 2.05) is 17.5 Å². The molecule has 0 aromatic carbocycles. The maximum atomic E-state index is 13.9. The van der Waals surface area contributed by atoms with Crippen molar-refractivity contribution in [1.29, 1.82) is 0 Å². The van der Waals surface area contributed by atoms with Crippen molar-refractivity contribution in [3.8, 4) is 0 Å². The largest absolute Gasteiger partial charge is 0.340 e. The summed E-state index contributed by atoms with van der Waals surface area (Å²) in [4.78, 5) is 29.2. The van der Waals surface area contributed by atoms with Crippen LogP contribution in [0.4, 0.5) is 4.39 Å². The molecular formula is C18H22FN3O2S. The van der Waals surface area contributed by atoms with Crippen molar-refractivity contribution >= 4 is 17.2 Å². The average molecular weight is 363 g/mol. The average Bonchev–Trinajstić information content (AvgIpc) is 3.19. The third-order valence-corrected chi connectivity index (χ3v) is 5.46. The lowest BCUT2D eigenvalue weighted by molar-refractivity contribution is 0.0749. The molecule has 0 bridgehead atoms. The Balaban J connectivity index is 1.67. The van der Waals surface area contributed by atoms with Crippen molar-refractivity contribution in [1.82, 2.24) is 14.4 Å². The lowest BCUT2D eigenvalue weighted by Crippen LogP contribution is -2.41. The van der Waals surface area contributed by atoms with E-state index in [0.29, 0.717) is 31.6 Å². The summed E-state index contributed by atoms with van der Waals surface area (Å²) < 4.78 is 15.4. The molecule has 0 spiro atoms. The number of hydrogen-bond donors (Lipinski definition) is 0. The van der Waals surface area contributed by atoms with E-state index in [-0.39, 0.29) is 17.5 Å². The van der Waals surface area contributed by atoms with E-state index >= 15 is 0 Å². The number of halogens is 1. The summed E-state index contributed by atoms with van der Waals surface area (Å²) >= 11 is 1.66.